The zero-order valence-electron chi connectivity index (χ0n) is 11.8. The molecule has 0 saturated carbocycles. The van der Waals surface area contributed by atoms with Crippen molar-refractivity contribution in [3.05, 3.63) is 23.8 Å². The van der Waals surface area contributed by atoms with Crippen LogP contribution in [-0.4, -0.2) is 53.3 Å². The molecule has 1 aliphatic rings. The molecular formula is C14H19N3O4. The van der Waals surface area contributed by atoms with E-state index in [9.17, 15) is 14.7 Å². The van der Waals surface area contributed by atoms with E-state index in [4.69, 9.17) is 5.11 Å². The average Bonchev–Trinajstić information content (AvgIpc) is 2.49. The van der Waals surface area contributed by atoms with E-state index in [1.807, 2.05) is 0 Å². The van der Waals surface area contributed by atoms with Crippen LogP contribution in [0.1, 0.15) is 23.2 Å². The molecule has 7 nitrogen and oxygen atoms in total. The lowest BCUT2D eigenvalue weighted by atomic mass is 10.1. The fourth-order valence-corrected chi connectivity index (χ4v) is 2.33. The first-order valence-corrected chi connectivity index (χ1v) is 6.80. The lowest BCUT2D eigenvalue weighted by molar-refractivity contribution is 0.0696. The SMILES string of the molecule is CN(C(=O)Nc1ccc(C(=O)O)cc1O)C1CCNCC1. The Hall–Kier alpha value is -2.28. The molecule has 1 heterocycles. The van der Waals surface area contributed by atoms with E-state index in [0.717, 1.165) is 32.0 Å². The summed E-state index contributed by atoms with van der Waals surface area (Å²) < 4.78 is 0. The number of carbonyl (C=O) groups is 2. The second kappa shape index (κ2) is 6.45. The smallest absolute Gasteiger partial charge is 0.335 e. The van der Waals surface area contributed by atoms with Crippen LogP contribution in [0.3, 0.4) is 0 Å². The minimum atomic E-state index is -1.13. The van der Waals surface area contributed by atoms with Crippen LogP contribution in [0, 0.1) is 0 Å². The number of aromatic hydroxyl groups is 1. The van der Waals surface area contributed by atoms with Crippen molar-refractivity contribution in [2.24, 2.45) is 0 Å². The van der Waals surface area contributed by atoms with Crippen molar-refractivity contribution in [2.45, 2.75) is 18.9 Å². The molecule has 1 fully saturated rings. The zero-order chi connectivity index (χ0) is 15.4. The van der Waals surface area contributed by atoms with Crippen molar-refractivity contribution in [2.75, 3.05) is 25.5 Å². The summed E-state index contributed by atoms with van der Waals surface area (Å²) in [4.78, 5) is 24.6. The molecule has 1 aliphatic heterocycles. The van der Waals surface area contributed by atoms with E-state index in [1.165, 1.54) is 12.1 Å². The standard InChI is InChI=1S/C14H19N3O4/c1-17(10-4-6-15-7-5-10)14(21)16-11-3-2-9(13(19)20)8-12(11)18/h2-3,8,10,15,18H,4-7H2,1H3,(H,16,21)(H,19,20). The van der Waals surface area contributed by atoms with Gasteiger partial charge in [0.05, 0.1) is 11.3 Å². The van der Waals surface area contributed by atoms with Crippen molar-refractivity contribution in [3.63, 3.8) is 0 Å². The minimum absolute atomic E-state index is 0.0304. The molecule has 0 aliphatic carbocycles. The first kappa shape index (κ1) is 15.1. The molecule has 2 rings (SSSR count). The van der Waals surface area contributed by atoms with Gasteiger partial charge in [0.15, 0.2) is 0 Å². The number of phenols is 1. The summed E-state index contributed by atoms with van der Waals surface area (Å²) in [6.07, 6.45) is 1.77. The highest BCUT2D eigenvalue weighted by Gasteiger charge is 2.22. The minimum Gasteiger partial charge on any atom is -0.506 e. The maximum atomic E-state index is 12.1. The number of anilines is 1. The number of carbonyl (C=O) groups excluding carboxylic acids is 1. The molecular weight excluding hydrogens is 274 g/mol. The van der Waals surface area contributed by atoms with Crippen LogP contribution in [0.5, 0.6) is 5.75 Å². The molecule has 4 N–H and O–H groups in total. The number of nitrogens with zero attached hydrogens (tertiary/aromatic N) is 1. The number of phenolic OH excluding ortho intramolecular Hbond substituents is 1. The normalized spacial score (nSPS) is 15.5. The molecule has 2 amide bonds. The number of rotatable bonds is 3. The third kappa shape index (κ3) is 3.63. The summed E-state index contributed by atoms with van der Waals surface area (Å²) in [5.41, 5.74) is 0.169. The number of amides is 2. The van der Waals surface area contributed by atoms with Crippen molar-refractivity contribution in [1.29, 1.82) is 0 Å². The van der Waals surface area contributed by atoms with E-state index in [2.05, 4.69) is 10.6 Å². The van der Waals surface area contributed by atoms with E-state index < -0.39 is 5.97 Å². The van der Waals surface area contributed by atoms with Gasteiger partial charge in [0.1, 0.15) is 5.75 Å². The van der Waals surface area contributed by atoms with Crippen LogP contribution in [0.25, 0.3) is 0 Å². The molecule has 1 aromatic rings. The second-order valence-electron chi connectivity index (χ2n) is 5.06. The third-order valence-corrected chi connectivity index (χ3v) is 3.66. The molecule has 0 bridgehead atoms. The Kier molecular flexibility index (Phi) is 4.64. The van der Waals surface area contributed by atoms with Gasteiger partial charge in [0.25, 0.3) is 0 Å². The molecule has 0 unspecified atom stereocenters. The van der Waals surface area contributed by atoms with Crippen molar-refractivity contribution in [1.82, 2.24) is 10.2 Å². The van der Waals surface area contributed by atoms with Crippen LogP contribution >= 0.6 is 0 Å². The Labute approximate surface area is 122 Å². The van der Waals surface area contributed by atoms with Gasteiger partial charge in [0, 0.05) is 13.1 Å². The number of hydrogen-bond acceptors (Lipinski definition) is 4. The van der Waals surface area contributed by atoms with Gasteiger partial charge in [-0.15, -0.1) is 0 Å². The van der Waals surface area contributed by atoms with Gasteiger partial charge in [-0.3, -0.25) is 0 Å². The molecule has 0 atom stereocenters. The van der Waals surface area contributed by atoms with Crippen molar-refractivity contribution < 1.29 is 19.8 Å². The van der Waals surface area contributed by atoms with Crippen LogP contribution < -0.4 is 10.6 Å². The summed E-state index contributed by atoms with van der Waals surface area (Å²) in [5.74, 6) is -1.39. The van der Waals surface area contributed by atoms with E-state index in [-0.39, 0.29) is 29.1 Å². The third-order valence-electron chi connectivity index (χ3n) is 3.66. The Bertz CT molecular complexity index is 541. The summed E-state index contributed by atoms with van der Waals surface area (Å²) in [5, 5.41) is 24.4. The largest absolute Gasteiger partial charge is 0.506 e. The predicted molar refractivity (Wildman–Crippen MR) is 77.7 cm³/mol. The van der Waals surface area contributed by atoms with Crippen LogP contribution in [0.15, 0.2) is 18.2 Å². The maximum absolute atomic E-state index is 12.1. The number of carboxylic acid groups (broad SMARTS) is 1. The summed E-state index contributed by atoms with van der Waals surface area (Å²) in [6.45, 7) is 1.75. The predicted octanol–water partition coefficient (Wildman–Crippen LogP) is 1.31. The number of aromatic carboxylic acids is 1. The van der Waals surface area contributed by atoms with Crippen LogP contribution in [0.2, 0.25) is 0 Å². The molecule has 1 saturated heterocycles. The van der Waals surface area contributed by atoms with Crippen LogP contribution in [0.4, 0.5) is 10.5 Å². The van der Waals surface area contributed by atoms with Gasteiger partial charge in [-0.05, 0) is 44.1 Å². The highest BCUT2D eigenvalue weighted by molar-refractivity contribution is 5.93. The fraction of sp³-hybridized carbons (Fsp3) is 0.429. The Morgan fingerprint density at radius 2 is 2.00 bits per heavy atom. The Morgan fingerprint density at radius 3 is 2.57 bits per heavy atom. The van der Waals surface area contributed by atoms with Gasteiger partial charge in [-0.1, -0.05) is 0 Å². The number of carboxylic acids is 1. The fourth-order valence-electron chi connectivity index (χ4n) is 2.33. The van der Waals surface area contributed by atoms with Crippen molar-refractivity contribution in [3.8, 4) is 5.75 Å². The number of urea groups is 1. The molecule has 0 aromatic heterocycles. The second-order valence-corrected chi connectivity index (χ2v) is 5.06. The van der Waals surface area contributed by atoms with Gasteiger partial charge in [-0.2, -0.15) is 0 Å². The number of piperidine rings is 1. The van der Waals surface area contributed by atoms with E-state index in [1.54, 1.807) is 11.9 Å². The molecule has 0 spiro atoms. The zero-order valence-corrected chi connectivity index (χ0v) is 11.8. The molecule has 114 valence electrons. The highest BCUT2D eigenvalue weighted by atomic mass is 16.4. The first-order chi connectivity index (χ1) is 9.99. The maximum Gasteiger partial charge on any atom is 0.335 e. The number of nitrogens with one attached hydrogen (secondary N) is 2. The summed E-state index contributed by atoms with van der Waals surface area (Å²) in [6, 6.07) is 3.67. The van der Waals surface area contributed by atoms with Gasteiger partial charge in [-0.25, -0.2) is 9.59 Å². The first-order valence-electron chi connectivity index (χ1n) is 6.80. The lowest BCUT2D eigenvalue weighted by Gasteiger charge is -2.31. The monoisotopic (exact) mass is 293 g/mol. The topological polar surface area (TPSA) is 102 Å². The Balaban J connectivity index is 2.03. The van der Waals surface area contributed by atoms with E-state index >= 15 is 0 Å². The van der Waals surface area contributed by atoms with Gasteiger partial charge < -0.3 is 25.7 Å². The van der Waals surface area contributed by atoms with E-state index in [0.29, 0.717) is 0 Å². The molecule has 21 heavy (non-hydrogen) atoms. The highest BCUT2D eigenvalue weighted by Crippen LogP contribution is 2.25. The number of benzene rings is 1. The van der Waals surface area contributed by atoms with Gasteiger partial charge >= 0.3 is 12.0 Å². The van der Waals surface area contributed by atoms with Crippen LogP contribution in [-0.2, 0) is 0 Å². The summed E-state index contributed by atoms with van der Waals surface area (Å²) >= 11 is 0. The molecule has 1 aromatic carbocycles. The van der Waals surface area contributed by atoms with Crippen molar-refractivity contribution >= 4 is 17.7 Å². The lowest BCUT2D eigenvalue weighted by Crippen LogP contribution is -2.45. The summed E-state index contributed by atoms with van der Waals surface area (Å²) in [7, 11) is 1.72. The average molecular weight is 293 g/mol. The number of hydrogen-bond donors (Lipinski definition) is 4. The van der Waals surface area contributed by atoms with Gasteiger partial charge in [0.2, 0.25) is 0 Å². The molecule has 7 heteroatoms. The molecule has 0 radical (unpaired) electrons. The Morgan fingerprint density at radius 1 is 1.33 bits per heavy atom. The quantitative estimate of drug-likeness (QED) is 0.629.